The van der Waals surface area contributed by atoms with Gasteiger partial charge in [-0.3, -0.25) is 24.5 Å². The van der Waals surface area contributed by atoms with Crippen LogP contribution in [0.1, 0.15) is 75.0 Å². The number of hydrogen-bond donors (Lipinski definition) is 3. The minimum Gasteiger partial charge on any atom is -0.381 e. The molecule has 11 nitrogen and oxygen atoms in total. The molecule has 252 valence electrons. The maximum absolute atomic E-state index is 12.4. The Morgan fingerprint density at radius 3 is 2.33 bits per heavy atom. The van der Waals surface area contributed by atoms with E-state index < -0.39 is 11.9 Å². The zero-order chi connectivity index (χ0) is 33.5. The molecule has 0 saturated carbocycles. The summed E-state index contributed by atoms with van der Waals surface area (Å²) < 4.78 is 11.8. The third-order valence-corrected chi connectivity index (χ3v) is 8.33. The first-order valence-corrected chi connectivity index (χ1v) is 16.3. The molecule has 1 heterocycles. The number of aryl methyl sites for hydroxylation is 2. The van der Waals surface area contributed by atoms with Gasteiger partial charge in [-0.15, -0.1) is 0 Å². The van der Waals surface area contributed by atoms with Gasteiger partial charge in [0.1, 0.15) is 6.04 Å². The van der Waals surface area contributed by atoms with Crippen molar-refractivity contribution in [1.82, 2.24) is 5.32 Å². The Labute approximate surface area is 272 Å². The maximum atomic E-state index is 12.4. The number of unbranched alkanes of at least 4 members (excludes halogenated alkanes) is 2. The molecule has 1 aliphatic rings. The highest BCUT2D eigenvalue weighted by atomic mass is 16.5. The van der Waals surface area contributed by atoms with E-state index in [1.807, 2.05) is 44.1 Å². The number of carbonyl (C=O) groups is 4. The number of nitrogens with zero attached hydrogens (tertiary/aromatic N) is 2. The second-order valence-electron chi connectivity index (χ2n) is 12.2. The summed E-state index contributed by atoms with van der Waals surface area (Å²) in [4.78, 5) is 50.3. The zero-order valence-corrected chi connectivity index (χ0v) is 27.5. The summed E-state index contributed by atoms with van der Waals surface area (Å²) in [6, 6.07) is 13.4. The van der Waals surface area contributed by atoms with Crippen LogP contribution in [0.15, 0.2) is 42.5 Å². The second kappa shape index (κ2) is 19.0. The molecule has 1 saturated heterocycles. The van der Waals surface area contributed by atoms with Gasteiger partial charge in [0.2, 0.25) is 24.1 Å². The number of rotatable bonds is 21. The molecule has 0 spiro atoms. The van der Waals surface area contributed by atoms with Gasteiger partial charge in [0.05, 0.1) is 24.1 Å². The van der Waals surface area contributed by atoms with Crippen LogP contribution in [0.3, 0.4) is 0 Å². The summed E-state index contributed by atoms with van der Waals surface area (Å²) in [5.74, 6) is -1.10. The largest absolute Gasteiger partial charge is 0.381 e. The monoisotopic (exact) mass is 637 g/mol. The van der Waals surface area contributed by atoms with Gasteiger partial charge in [0.25, 0.3) is 0 Å². The van der Waals surface area contributed by atoms with Crippen molar-refractivity contribution in [3.63, 3.8) is 0 Å². The van der Waals surface area contributed by atoms with E-state index in [1.165, 1.54) is 10.5 Å². The van der Waals surface area contributed by atoms with Gasteiger partial charge in [-0.1, -0.05) is 36.8 Å². The fourth-order valence-electron chi connectivity index (χ4n) is 5.43. The standard InChI is InChI=1S/C35H51N5O6/c1-25(29(36)15-18-33(37)42)46-23-28-12-10-26(11-13-28)8-5-4-6-20-45-21-7-9-27-14-16-30(32(22-27)39(2)3)40(24-41)31-17-19-34(43)38-35(31)44/h10-14,16,22,24-25,29,31H,4-9,15,17-21,23,36H2,1-3H3,(H2,37,42)(H,38,43,44)/t25-,29+,31?/m1/s1. The lowest BCUT2D eigenvalue weighted by Gasteiger charge is -2.32. The van der Waals surface area contributed by atoms with Crippen molar-refractivity contribution in [2.45, 2.75) is 95.9 Å². The van der Waals surface area contributed by atoms with Crippen molar-refractivity contribution in [1.29, 1.82) is 0 Å². The van der Waals surface area contributed by atoms with Gasteiger partial charge >= 0.3 is 0 Å². The quantitative estimate of drug-likeness (QED) is 0.107. The SMILES string of the molecule is C[C@@H](OCc1ccc(CCCCCOCCCc2ccc(N(C=O)C3CCC(=O)NC3=O)c(N(C)C)c2)cc1)[C@@H](N)CCC(N)=O. The fraction of sp³-hybridized carbons (Fsp3) is 0.543. The Morgan fingerprint density at radius 1 is 0.978 bits per heavy atom. The number of benzene rings is 2. The number of nitrogens with two attached hydrogens (primary N) is 2. The van der Waals surface area contributed by atoms with Crippen LogP contribution in [0.4, 0.5) is 11.4 Å². The van der Waals surface area contributed by atoms with Crippen LogP contribution in [0.5, 0.6) is 0 Å². The van der Waals surface area contributed by atoms with E-state index in [0.29, 0.717) is 38.2 Å². The molecule has 0 radical (unpaired) electrons. The molecule has 5 N–H and O–H groups in total. The third kappa shape index (κ3) is 11.9. The van der Waals surface area contributed by atoms with Gasteiger partial charge < -0.3 is 30.7 Å². The lowest BCUT2D eigenvalue weighted by Crippen LogP contribution is -2.52. The topological polar surface area (TPSA) is 157 Å². The number of hydrogen-bond acceptors (Lipinski definition) is 8. The number of carbonyl (C=O) groups excluding carboxylic acids is 4. The molecular formula is C35H51N5O6. The Kier molecular flexibility index (Phi) is 15.1. The molecule has 2 aromatic carbocycles. The van der Waals surface area contributed by atoms with Crippen LogP contribution in [-0.2, 0) is 48.1 Å². The van der Waals surface area contributed by atoms with E-state index in [0.717, 1.165) is 61.9 Å². The molecule has 0 aliphatic carbocycles. The molecule has 2 aromatic rings. The van der Waals surface area contributed by atoms with E-state index in [9.17, 15) is 19.2 Å². The molecule has 3 rings (SSSR count). The minimum absolute atomic E-state index is 0.155. The minimum atomic E-state index is -0.707. The molecule has 11 heteroatoms. The van der Waals surface area contributed by atoms with E-state index in [1.54, 1.807) is 0 Å². The van der Waals surface area contributed by atoms with E-state index in [2.05, 4.69) is 29.6 Å². The van der Waals surface area contributed by atoms with E-state index >= 15 is 0 Å². The normalized spacial score (nSPS) is 16.0. The Bertz CT molecular complexity index is 1280. The highest BCUT2D eigenvalue weighted by molar-refractivity contribution is 6.04. The van der Waals surface area contributed by atoms with Gasteiger partial charge in [0, 0.05) is 46.2 Å². The van der Waals surface area contributed by atoms with Crippen LogP contribution < -0.4 is 26.6 Å². The average Bonchev–Trinajstić information content (AvgIpc) is 3.03. The summed E-state index contributed by atoms with van der Waals surface area (Å²) in [5, 5.41) is 2.33. The van der Waals surface area contributed by atoms with Crippen molar-refractivity contribution in [3.8, 4) is 0 Å². The second-order valence-corrected chi connectivity index (χ2v) is 12.2. The van der Waals surface area contributed by atoms with Crippen molar-refractivity contribution in [2.75, 3.05) is 37.1 Å². The predicted octanol–water partition coefficient (Wildman–Crippen LogP) is 3.38. The molecule has 1 fully saturated rings. The lowest BCUT2D eigenvalue weighted by molar-refractivity contribution is -0.135. The number of nitrogens with one attached hydrogen (secondary N) is 1. The summed E-state index contributed by atoms with van der Waals surface area (Å²) in [6.45, 7) is 3.81. The average molecular weight is 638 g/mol. The molecule has 1 aliphatic heterocycles. The Hall–Kier alpha value is -3.80. The number of ether oxygens (including phenoxy) is 2. The zero-order valence-electron chi connectivity index (χ0n) is 27.5. The van der Waals surface area contributed by atoms with Crippen LogP contribution in [0, 0.1) is 0 Å². The number of primary amides is 1. The van der Waals surface area contributed by atoms with E-state index in [4.69, 9.17) is 20.9 Å². The number of anilines is 2. The molecule has 3 atom stereocenters. The van der Waals surface area contributed by atoms with Crippen LogP contribution in [0.25, 0.3) is 0 Å². The molecule has 1 unspecified atom stereocenters. The summed E-state index contributed by atoms with van der Waals surface area (Å²) >= 11 is 0. The first-order chi connectivity index (χ1) is 22.1. The summed E-state index contributed by atoms with van der Waals surface area (Å²) in [6.07, 6.45) is 7.76. The first-order valence-electron chi connectivity index (χ1n) is 16.3. The van der Waals surface area contributed by atoms with Crippen LogP contribution in [0.2, 0.25) is 0 Å². The van der Waals surface area contributed by atoms with Crippen molar-refractivity contribution in [3.05, 3.63) is 59.2 Å². The molecule has 0 aromatic heterocycles. The van der Waals surface area contributed by atoms with E-state index in [-0.39, 0.29) is 36.8 Å². The smallest absolute Gasteiger partial charge is 0.249 e. The van der Waals surface area contributed by atoms with Gasteiger partial charge in [-0.2, -0.15) is 0 Å². The Balaban J connectivity index is 1.31. The predicted molar refractivity (Wildman–Crippen MR) is 179 cm³/mol. The molecule has 46 heavy (non-hydrogen) atoms. The van der Waals surface area contributed by atoms with Crippen LogP contribution in [-0.4, -0.2) is 69.6 Å². The third-order valence-electron chi connectivity index (χ3n) is 8.33. The first kappa shape index (κ1) is 36.7. The highest BCUT2D eigenvalue weighted by Crippen LogP contribution is 2.32. The number of piperidine rings is 1. The fourth-order valence-corrected chi connectivity index (χ4v) is 5.43. The van der Waals surface area contributed by atoms with Crippen molar-refractivity contribution in [2.24, 2.45) is 11.5 Å². The molecule has 0 bridgehead atoms. The van der Waals surface area contributed by atoms with Crippen LogP contribution >= 0.6 is 0 Å². The van der Waals surface area contributed by atoms with Gasteiger partial charge in [-0.25, -0.2) is 0 Å². The number of amides is 4. The van der Waals surface area contributed by atoms with Gasteiger partial charge in [-0.05, 0) is 80.7 Å². The summed E-state index contributed by atoms with van der Waals surface area (Å²) in [5.41, 5.74) is 16.3. The summed E-state index contributed by atoms with van der Waals surface area (Å²) in [7, 11) is 3.81. The Morgan fingerprint density at radius 2 is 1.65 bits per heavy atom. The molecular weight excluding hydrogens is 586 g/mol. The molecule has 4 amide bonds. The lowest BCUT2D eigenvalue weighted by atomic mass is 10.0. The van der Waals surface area contributed by atoms with Crippen molar-refractivity contribution >= 4 is 35.5 Å². The van der Waals surface area contributed by atoms with Crippen molar-refractivity contribution < 1.29 is 28.7 Å². The maximum Gasteiger partial charge on any atom is 0.249 e. The highest BCUT2D eigenvalue weighted by Gasteiger charge is 2.33. The van der Waals surface area contributed by atoms with Gasteiger partial charge in [0.15, 0.2) is 0 Å². The number of imide groups is 1.